The average Bonchev–Trinajstić information content (AvgIpc) is 2.94. The lowest BCUT2D eigenvalue weighted by atomic mass is 10.0. The summed E-state index contributed by atoms with van der Waals surface area (Å²) in [7, 11) is 3.19. The molecule has 0 aliphatic carbocycles. The van der Waals surface area contributed by atoms with E-state index in [1.807, 2.05) is 30.3 Å². The smallest absolute Gasteiger partial charge is 0.247 e. The van der Waals surface area contributed by atoms with Gasteiger partial charge in [-0.1, -0.05) is 30.3 Å². The molecule has 2 heterocycles. The number of amides is 1. The third-order valence-electron chi connectivity index (χ3n) is 6.96. The number of benzene rings is 2. The number of anilines is 6. The number of hydrogen-bond donors (Lipinski definition) is 3. The zero-order valence-corrected chi connectivity index (χ0v) is 25.7. The van der Waals surface area contributed by atoms with E-state index in [9.17, 15) is 9.36 Å². The molecule has 1 saturated heterocycles. The van der Waals surface area contributed by atoms with Crippen molar-refractivity contribution in [2.75, 3.05) is 68.5 Å². The van der Waals surface area contributed by atoms with Crippen LogP contribution in [0.25, 0.3) is 0 Å². The minimum Gasteiger partial charge on any atom is -0.494 e. The molecule has 218 valence electrons. The lowest BCUT2D eigenvalue weighted by molar-refractivity contribution is -0.111. The first-order chi connectivity index (χ1) is 19.5. The summed E-state index contributed by atoms with van der Waals surface area (Å²) in [4.78, 5) is 25.8. The van der Waals surface area contributed by atoms with Crippen LogP contribution in [0.3, 0.4) is 0 Å². The number of halogens is 1. The maximum absolute atomic E-state index is 12.8. The monoisotopic (exact) mass is 597 g/mol. The van der Waals surface area contributed by atoms with E-state index in [0.29, 0.717) is 45.0 Å². The fraction of sp³-hybridized carbons (Fsp3) is 0.345. The molecule has 1 fully saturated rings. The summed E-state index contributed by atoms with van der Waals surface area (Å²) in [5.74, 6) is 0.840. The Morgan fingerprint density at radius 2 is 1.95 bits per heavy atom. The second-order valence-electron chi connectivity index (χ2n) is 10.5. The Morgan fingerprint density at radius 1 is 1.20 bits per heavy atom. The maximum atomic E-state index is 12.8. The quantitative estimate of drug-likeness (QED) is 0.205. The Hall–Kier alpha value is -3.59. The van der Waals surface area contributed by atoms with Gasteiger partial charge in [0.25, 0.3) is 0 Å². The number of nitrogens with zero attached hydrogens (tertiary/aromatic N) is 4. The summed E-state index contributed by atoms with van der Waals surface area (Å²) >= 11 is 6.44. The SMILES string of the molecule is C=CC(=O)Nc1cc(Nc2ncc(Cl)c(Nc3ccccc3P(C)(C)=O)n2)c(OC)cc1N1CCCC(N(C)C)C1. The van der Waals surface area contributed by atoms with Crippen LogP contribution in [0.5, 0.6) is 5.75 Å². The number of rotatable bonds is 10. The van der Waals surface area contributed by atoms with E-state index in [1.54, 1.807) is 26.5 Å². The van der Waals surface area contributed by atoms with E-state index < -0.39 is 7.14 Å². The van der Waals surface area contributed by atoms with Crippen LogP contribution in [-0.2, 0) is 9.36 Å². The number of carbonyl (C=O) groups excluding carboxylic acids is 1. The fourth-order valence-corrected chi connectivity index (χ4v) is 6.08. The van der Waals surface area contributed by atoms with Crippen LogP contribution in [0.15, 0.2) is 55.3 Å². The molecule has 1 aliphatic heterocycles. The number of para-hydroxylation sites is 1. The van der Waals surface area contributed by atoms with Gasteiger partial charge in [0.1, 0.15) is 17.9 Å². The number of nitrogens with one attached hydrogen (secondary N) is 3. The van der Waals surface area contributed by atoms with E-state index in [2.05, 4.69) is 56.4 Å². The standard InChI is InChI=1S/C29H37ClN7O3P/c1-7-27(38)32-22-15-23(25(40-4)16-24(22)37-14-10-11-19(18-37)36(2)3)34-29-31-17-20(30)28(35-29)33-21-12-8-9-13-26(21)41(5,6)39/h7-9,12-13,15-17,19H,1,10-11,14,18H2,2-6H3,(H,32,38)(H2,31,33,34,35). The lowest BCUT2D eigenvalue weighted by Gasteiger charge is -2.38. The fourth-order valence-electron chi connectivity index (χ4n) is 4.79. The Balaban J connectivity index is 1.69. The molecule has 3 N–H and O–H groups in total. The summed E-state index contributed by atoms with van der Waals surface area (Å²) in [5.41, 5.74) is 2.67. The summed E-state index contributed by atoms with van der Waals surface area (Å²) in [6.07, 6.45) is 4.86. The number of likely N-dealkylation sites (N-methyl/N-ethyl adjacent to an activating group) is 1. The van der Waals surface area contributed by atoms with Crippen LogP contribution in [0.1, 0.15) is 12.8 Å². The van der Waals surface area contributed by atoms with Crippen LogP contribution in [0.2, 0.25) is 5.02 Å². The molecule has 0 bridgehead atoms. The molecule has 1 unspecified atom stereocenters. The first-order valence-electron chi connectivity index (χ1n) is 13.3. The number of piperidine rings is 1. The van der Waals surface area contributed by atoms with E-state index in [0.717, 1.165) is 31.6 Å². The largest absolute Gasteiger partial charge is 0.494 e. The second-order valence-corrected chi connectivity index (χ2v) is 14.1. The predicted molar refractivity (Wildman–Crippen MR) is 170 cm³/mol. The second kappa shape index (κ2) is 12.9. The van der Waals surface area contributed by atoms with Crippen molar-refractivity contribution >= 4 is 64.5 Å². The zero-order chi connectivity index (χ0) is 29.7. The van der Waals surface area contributed by atoms with Crippen LogP contribution in [0, 0.1) is 0 Å². The first-order valence-corrected chi connectivity index (χ1v) is 16.3. The Kier molecular flexibility index (Phi) is 9.58. The molecule has 12 heteroatoms. The zero-order valence-electron chi connectivity index (χ0n) is 24.1. The summed E-state index contributed by atoms with van der Waals surface area (Å²) in [6.45, 7) is 8.71. The van der Waals surface area contributed by atoms with E-state index in [4.69, 9.17) is 16.3 Å². The molecule has 41 heavy (non-hydrogen) atoms. The van der Waals surface area contributed by atoms with E-state index in [-0.39, 0.29) is 11.9 Å². The minimum absolute atomic E-state index is 0.253. The van der Waals surface area contributed by atoms with Crippen LogP contribution in [0.4, 0.5) is 34.5 Å². The Bertz CT molecular complexity index is 1480. The molecule has 2 aromatic carbocycles. The molecular formula is C29H37ClN7O3P. The highest BCUT2D eigenvalue weighted by Gasteiger charge is 2.25. The number of methoxy groups -OCH3 is 1. The van der Waals surface area contributed by atoms with E-state index in [1.165, 1.54) is 12.3 Å². The number of ether oxygens (including phenoxy) is 1. The van der Waals surface area contributed by atoms with Crippen molar-refractivity contribution in [3.63, 3.8) is 0 Å². The van der Waals surface area contributed by atoms with Gasteiger partial charge in [-0.2, -0.15) is 4.98 Å². The summed E-state index contributed by atoms with van der Waals surface area (Å²) < 4.78 is 18.6. The van der Waals surface area contributed by atoms with Gasteiger partial charge in [0.2, 0.25) is 11.9 Å². The van der Waals surface area contributed by atoms with Crippen LogP contribution >= 0.6 is 18.7 Å². The van der Waals surface area contributed by atoms with E-state index >= 15 is 0 Å². The predicted octanol–water partition coefficient (Wildman–Crippen LogP) is 5.53. The molecule has 0 saturated carbocycles. The third-order valence-corrected chi connectivity index (χ3v) is 8.78. The van der Waals surface area contributed by atoms with Gasteiger partial charge in [-0.05, 0) is 64.5 Å². The van der Waals surface area contributed by atoms with Crippen molar-refractivity contribution in [3.05, 3.63) is 60.3 Å². The van der Waals surface area contributed by atoms with Gasteiger partial charge >= 0.3 is 0 Å². The molecule has 1 aromatic heterocycles. The minimum atomic E-state index is -2.56. The molecular weight excluding hydrogens is 561 g/mol. The highest BCUT2D eigenvalue weighted by molar-refractivity contribution is 7.70. The molecule has 3 aromatic rings. The third kappa shape index (κ3) is 7.38. The highest BCUT2D eigenvalue weighted by atomic mass is 35.5. The van der Waals surface area contributed by atoms with Crippen molar-refractivity contribution in [1.82, 2.24) is 14.9 Å². The van der Waals surface area contributed by atoms with Gasteiger partial charge < -0.3 is 35.1 Å². The number of carbonyl (C=O) groups is 1. The molecule has 0 spiro atoms. The Morgan fingerprint density at radius 3 is 2.63 bits per heavy atom. The van der Waals surface area contributed by atoms with Crippen molar-refractivity contribution in [2.24, 2.45) is 0 Å². The van der Waals surface area contributed by atoms with Crippen LogP contribution in [-0.4, -0.2) is 74.4 Å². The van der Waals surface area contributed by atoms with Crippen LogP contribution < -0.4 is 30.9 Å². The molecule has 1 amide bonds. The normalized spacial score (nSPS) is 15.4. The molecule has 4 rings (SSSR count). The van der Waals surface area contributed by atoms with Gasteiger partial charge in [-0.25, -0.2) is 4.98 Å². The topological polar surface area (TPSA) is 112 Å². The average molecular weight is 598 g/mol. The highest BCUT2D eigenvalue weighted by Crippen LogP contribution is 2.41. The molecule has 0 radical (unpaired) electrons. The summed E-state index contributed by atoms with van der Waals surface area (Å²) in [5, 5.41) is 10.4. The molecule has 1 atom stereocenters. The van der Waals surface area contributed by atoms with Crippen molar-refractivity contribution in [3.8, 4) is 5.75 Å². The van der Waals surface area contributed by atoms with Gasteiger partial charge in [0.15, 0.2) is 5.82 Å². The molecule has 1 aliphatic rings. The lowest BCUT2D eigenvalue weighted by Crippen LogP contribution is -2.45. The first kappa shape index (κ1) is 30.4. The number of hydrogen-bond acceptors (Lipinski definition) is 9. The van der Waals surface area contributed by atoms with Gasteiger partial charge in [0, 0.05) is 30.5 Å². The van der Waals surface area contributed by atoms with Crippen molar-refractivity contribution in [2.45, 2.75) is 18.9 Å². The maximum Gasteiger partial charge on any atom is 0.247 e. The summed E-state index contributed by atoms with van der Waals surface area (Å²) in [6, 6.07) is 11.5. The molecule has 10 nitrogen and oxygen atoms in total. The van der Waals surface area contributed by atoms with Crippen molar-refractivity contribution < 1.29 is 14.1 Å². The Labute approximate surface area is 246 Å². The van der Waals surface area contributed by atoms with Gasteiger partial charge in [0.05, 0.1) is 36.1 Å². The van der Waals surface area contributed by atoms with Gasteiger partial charge in [-0.15, -0.1) is 0 Å². The van der Waals surface area contributed by atoms with Gasteiger partial charge in [-0.3, -0.25) is 4.79 Å². The number of aromatic nitrogens is 2. The van der Waals surface area contributed by atoms with Crippen molar-refractivity contribution in [1.29, 1.82) is 0 Å².